The largest absolute Gasteiger partial charge is 0.471 e. The number of nitrogens with one attached hydrogen (secondary N) is 4. The Morgan fingerprint density at radius 2 is 1.63 bits per heavy atom. The quantitative estimate of drug-likeness (QED) is 0.326. The van der Waals surface area contributed by atoms with E-state index < -0.39 is 83.1 Å². The van der Waals surface area contributed by atoms with Crippen molar-refractivity contribution in [1.82, 2.24) is 21.3 Å². The van der Waals surface area contributed by atoms with Gasteiger partial charge in [-0.15, -0.1) is 0 Å². The number of hydrogen-bond donors (Lipinski definition) is 4. The summed E-state index contributed by atoms with van der Waals surface area (Å²) in [5.41, 5.74) is -3.44. The number of amides is 4. The lowest BCUT2D eigenvalue weighted by Crippen LogP contribution is -2.60. The molecule has 0 aromatic rings. The van der Waals surface area contributed by atoms with Crippen LogP contribution in [0.1, 0.15) is 67.2 Å². The average molecular weight is 552 g/mol. The Morgan fingerprint density at radius 3 is 2.03 bits per heavy atom. The van der Waals surface area contributed by atoms with E-state index in [0.29, 0.717) is 6.42 Å². The molecule has 2 fully saturated rings. The predicted octanol–water partition coefficient (Wildman–Crippen LogP) is 2.31. The Bertz CT molecular complexity index is 1020. The second kappa shape index (κ2) is 10.3. The van der Waals surface area contributed by atoms with E-state index >= 15 is 0 Å². The summed E-state index contributed by atoms with van der Waals surface area (Å²) in [6, 6.07) is -2.78. The molecule has 9 nitrogen and oxygen atoms in total. The molecular formula is C24H34F5N5O4. The van der Waals surface area contributed by atoms with Crippen molar-refractivity contribution in [3.05, 3.63) is 0 Å². The van der Waals surface area contributed by atoms with Gasteiger partial charge in [0.1, 0.15) is 18.1 Å². The summed E-state index contributed by atoms with van der Waals surface area (Å²) in [6.07, 6.45) is -6.12. The molecule has 0 aromatic carbocycles. The Hall–Kier alpha value is -2.98. The van der Waals surface area contributed by atoms with Crippen molar-refractivity contribution in [3.63, 3.8) is 0 Å². The highest BCUT2D eigenvalue weighted by Crippen LogP contribution is 2.62. The van der Waals surface area contributed by atoms with Crippen molar-refractivity contribution in [2.24, 2.45) is 16.7 Å². The minimum Gasteiger partial charge on any atom is -0.351 e. The zero-order valence-electron chi connectivity index (χ0n) is 22.1. The molecule has 14 heteroatoms. The maximum atomic E-state index is 14.0. The molecule has 38 heavy (non-hydrogen) atoms. The summed E-state index contributed by atoms with van der Waals surface area (Å²) < 4.78 is 66.5. The van der Waals surface area contributed by atoms with E-state index in [4.69, 9.17) is 0 Å². The van der Waals surface area contributed by atoms with E-state index in [2.05, 4.69) is 16.0 Å². The van der Waals surface area contributed by atoms with Gasteiger partial charge in [-0.2, -0.15) is 18.4 Å². The minimum absolute atomic E-state index is 0.0716. The maximum Gasteiger partial charge on any atom is 0.471 e. The number of carbonyl (C=O) groups excluding carboxylic acids is 4. The molecule has 0 aromatic heterocycles. The average Bonchev–Trinajstić information content (AvgIpc) is 3.10. The van der Waals surface area contributed by atoms with Crippen LogP contribution < -0.4 is 21.3 Å². The second-order valence-electron chi connectivity index (χ2n) is 12.2. The number of alkyl halides is 5. The molecule has 1 unspecified atom stereocenters. The highest BCUT2D eigenvalue weighted by molar-refractivity contribution is 5.93. The van der Waals surface area contributed by atoms with Crippen LogP contribution in [-0.4, -0.2) is 59.4 Å². The lowest BCUT2D eigenvalue weighted by molar-refractivity contribution is -0.175. The van der Waals surface area contributed by atoms with Gasteiger partial charge in [-0.1, -0.05) is 27.7 Å². The first kappa shape index (κ1) is 31.2. The number of nitriles is 1. The fourth-order valence-electron chi connectivity index (χ4n) is 4.56. The highest BCUT2D eigenvalue weighted by atomic mass is 19.4. The monoisotopic (exact) mass is 551 g/mol. The molecule has 214 valence electrons. The van der Waals surface area contributed by atoms with Crippen LogP contribution in [0, 0.1) is 28.1 Å². The van der Waals surface area contributed by atoms with Crippen molar-refractivity contribution < 1.29 is 41.1 Å². The van der Waals surface area contributed by atoms with Gasteiger partial charge in [0.05, 0.1) is 6.07 Å². The van der Waals surface area contributed by atoms with E-state index in [9.17, 15) is 46.4 Å². The third-order valence-corrected chi connectivity index (χ3v) is 6.90. The van der Waals surface area contributed by atoms with Crippen LogP contribution >= 0.6 is 0 Å². The van der Waals surface area contributed by atoms with E-state index in [1.807, 2.05) is 6.07 Å². The molecule has 4 N–H and O–H groups in total. The summed E-state index contributed by atoms with van der Waals surface area (Å²) in [5, 5.41) is 18.5. The zero-order valence-corrected chi connectivity index (χ0v) is 22.1. The Kier molecular flexibility index (Phi) is 8.46. The maximum absolute atomic E-state index is 14.0. The van der Waals surface area contributed by atoms with Crippen molar-refractivity contribution >= 4 is 23.6 Å². The molecule has 5 atom stereocenters. The zero-order chi connectivity index (χ0) is 29.5. The second-order valence-corrected chi connectivity index (χ2v) is 12.2. The molecule has 4 amide bonds. The standard InChI is InChI=1S/C24H34F5N5O4/c1-20(2,3)15(33-19(38)24(27,28)29)18(37)32-14(9-22(6)11-23(22,25)26)17(36)31-13(10-30)7-12-8-21(4,5)34-16(12)35/h12-15H,7-9,11H2,1-6H3,(H,31,36)(H,32,37)(H,33,38)(H,34,35)/t12-,13+,14+,15-,22?/m1/s1. The number of rotatable bonds is 9. The molecule has 0 bridgehead atoms. The van der Waals surface area contributed by atoms with Crippen LogP contribution in [0.5, 0.6) is 0 Å². The van der Waals surface area contributed by atoms with Crippen molar-refractivity contribution in [1.29, 1.82) is 5.26 Å². The Labute approximate surface area is 217 Å². The van der Waals surface area contributed by atoms with Gasteiger partial charge >= 0.3 is 12.1 Å². The van der Waals surface area contributed by atoms with Crippen molar-refractivity contribution in [3.8, 4) is 6.07 Å². The first-order valence-electron chi connectivity index (χ1n) is 12.1. The van der Waals surface area contributed by atoms with Gasteiger partial charge in [0, 0.05) is 23.3 Å². The predicted molar refractivity (Wildman–Crippen MR) is 124 cm³/mol. The molecule has 1 aliphatic carbocycles. The van der Waals surface area contributed by atoms with Crippen LogP contribution in [0.2, 0.25) is 0 Å². The van der Waals surface area contributed by atoms with Gasteiger partial charge in [0.15, 0.2) is 0 Å². The van der Waals surface area contributed by atoms with Crippen LogP contribution in [0.15, 0.2) is 0 Å². The molecule has 2 aliphatic rings. The highest BCUT2D eigenvalue weighted by Gasteiger charge is 2.68. The molecular weight excluding hydrogens is 517 g/mol. The van der Waals surface area contributed by atoms with Crippen LogP contribution in [0.4, 0.5) is 22.0 Å². The van der Waals surface area contributed by atoms with Gasteiger partial charge < -0.3 is 21.3 Å². The normalized spacial score (nSPS) is 26.3. The van der Waals surface area contributed by atoms with Crippen molar-refractivity contribution in [2.45, 2.75) is 103 Å². The molecule has 1 heterocycles. The van der Waals surface area contributed by atoms with Crippen molar-refractivity contribution in [2.75, 3.05) is 0 Å². The lowest BCUT2D eigenvalue weighted by atomic mass is 9.85. The van der Waals surface area contributed by atoms with Gasteiger partial charge in [-0.05, 0) is 38.5 Å². The summed E-state index contributed by atoms with van der Waals surface area (Å²) >= 11 is 0. The first-order chi connectivity index (χ1) is 17.0. The summed E-state index contributed by atoms with van der Waals surface area (Å²) in [7, 11) is 0. The minimum atomic E-state index is -5.29. The first-order valence-corrected chi connectivity index (χ1v) is 12.1. The topological polar surface area (TPSA) is 140 Å². The third-order valence-electron chi connectivity index (χ3n) is 6.90. The number of nitrogens with zero attached hydrogens (tertiary/aromatic N) is 1. The Morgan fingerprint density at radius 1 is 1.08 bits per heavy atom. The summed E-state index contributed by atoms with van der Waals surface area (Å²) in [5.74, 6) is -8.62. The number of hydrogen-bond acceptors (Lipinski definition) is 5. The van der Waals surface area contributed by atoms with Crippen LogP contribution in [0.25, 0.3) is 0 Å². The molecule has 1 saturated carbocycles. The van der Waals surface area contributed by atoms with Gasteiger partial charge in [0.2, 0.25) is 17.7 Å². The van der Waals surface area contributed by atoms with E-state index in [1.165, 1.54) is 27.7 Å². The molecule has 1 aliphatic heterocycles. The fraction of sp³-hybridized carbons (Fsp3) is 0.792. The van der Waals surface area contributed by atoms with Crippen LogP contribution in [-0.2, 0) is 19.2 Å². The van der Waals surface area contributed by atoms with Gasteiger partial charge in [-0.25, -0.2) is 8.78 Å². The third kappa shape index (κ3) is 7.54. The fourth-order valence-corrected chi connectivity index (χ4v) is 4.56. The summed E-state index contributed by atoms with van der Waals surface area (Å²) in [4.78, 5) is 49.9. The van der Waals surface area contributed by atoms with E-state index in [1.54, 1.807) is 19.2 Å². The molecule has 1 saturated heterocycles. The molecule has 2 rings (SSSR count). The van der Waals surface area contributed by atoms with Gasteiger partial charge in [0.25, 0.3) is 5.92 Å². The molecule has 0 radical (unpaired) electrons. The smallest absolute Gasteiger partial charge is 0.351 e. The van der Waals surface area contributed by atoms with Crippen LogP contribution in [0.3, 0.4) is 0 Å². The summed E-state index contributed by atoms with van der Waals surface area (Å²) in [6.45, 7) is 8.89. The number of carbonyl (C=O) groups is 4. The van der Waals surface area contributed by atoms with E-state index in [0.717, 1.165) is 0 Å². The van der Waals surface area contributed by atoms with E-state index in [-0.39, 0.29) is 12.3 Å². The van der Waals surface area contributed by atoms with Gasteiger partial charge in [-0.3, -0.25) is 19.2 Å². The SMILES string of the molecule is CC1(C)C[C@@H](C[C@@H](C#N)NC(=O)[C@H](CC2(C)CC2(F)F)NC(=O)[C@@H](NC(=O)C(F)(F)F)C(C)(C)C)C(=O)N1. The Balaban J connectivity index is 2.23. The molecule has 0 spiro atoms. The number of halogens is 5. The lowest BCUT2D eigenvalue weighted by Gasteiger charge is -2.32.